The van der Waals surface area contributed by atoms with Gasteiger partial charge in [0, 0.05) is 33.2 Å². The molecule has 5 nitrogen and oxygen atoms in total. The van der Waals surface area contributed by atoms with Crippen LogP contribution in [0.5, 0.6) is 5.75 Å². The first-order chi connectivity index (χ1) is 9.65. The molecule has 1 aliphatic heterocycles. The highest BCUT2D eigenvalue weighted by Crippen LogP contribution is 2.19. The minimum Gasteiger partial charge on any atom is -0.494 e. The van der Waals surface area contributed by atoms with Gasteiger partial charge in [0.05, 0.1) is 7.11 Å². The van der Waals surface area contributed by atoms with Crippen molar-refractivity contribution >= 4 is 5.91 Å². The lowest BCUT2D eigenvalue weighted by molar-refractivity contribution is -0.126. The zero-order valence-electron chi connectivity index (χ0n) is 11.8. The maximum absolute atomic E-state index is 13.7. The Morgan fingerprint density at radius 1 is 1.60 bits per heavy atom. The number of carbonyl (C=O) groups excluding carboxylic acids is 1. The number of ether oxygens (including phenoxy) is 1. The lowest BCUT2D eigenvalue weighted by Crippen LogP contribution is -2.56. The second-order valence-corrected chi connectivity index (χ2v) is 4.77. The van der Waals surface area contributed by atoms with E-state index in [2.05, 4.69) is 15.5 Å². The second-order valence-electron chi connectivity index (χ2n) is 4.77. The molecule has 110 valence electrons. The summed E-state index contributed by atoms with van der Waals surface area (Å²) >= 11 is 0. The maximum Gasteiger partial charge on any atom is 0.238 e. The molecule has 6 heteroatoms. The Hall–Kier alpha value is -1.66. The fourth-order valence-corrected chi connectivity index (χ4v) is 2.40. The molecule has 1 aromatic rings. The molecule has 0 aromatic heterocycles. The summed E-state index contributed by atoms with van der Waals surface area (Å²) < 4.78 is 18.6. The van der Waals surface area contributed by atoms with Crippen molar-refractivity contribution in [3.8, 4) is 5.75 Å². The van der Waals surface area contributed by atoms with E-state index in [4.69, 9.17) is 4.74 Å². The Kier molecular flexibility index (Phi) is 4.92. The Bertz CT molecular complexity index is 481. The average molecular weight is 281 g/mol. The number of nitrogens with one attached hydrogen (secondary N) is 2. The molecule has 0 bridgehead atoms. The van der Waals surface area contributed by atoms with Crippen molar-refractivity contribution in [2.75, 3.05) is 33.8 Å². The third-order valence-electron chi connectivity index (χ3n) is 3.51. The first-order valence-electron chi connectivity index (χ1n) is 6.64. The van der Waals surface area contributed by atoms with E-state index in [1.165, 1.54) is 13.2 Å². The Balaban J connectivity index is 2.10. The van der Waals surface area contributed by atoms with E-state index < -0.39 is 0 Å². The number of hydrogen-bond donors (Lipinski definition) is 2. The van der Waals surface area contributed by atoms with Crippen LogP contribution in [0.2, 0.25) is 0 Å². The van der Waals surface area contributed by atoms with Crippen LogP contribution in [-0.4, -0.2) is 50.6 Å². The van der Waals surface area contributed by atoms with E-state index in [0.29, 0.717) is 13.1 Å². The van der Waals surface area contributed by atoms with Crippen LogP contribution in [0.3, 0.4) is 0 Å². The summed E-state index contributed by atoms with van der Waals surface area (Å²) in [6, 6.07) is 4.67. The van der Waals surface area contributed by atoms with E-state index in [0.717, 1.165) is 18.7 Å². The topological polar surface area (TPSA) is 53.6 Å². The number of benzene rings is 1. The Morgan fingerprint density at radius 3 is 3.05 bits per heavy atom. The summed E-state index contributed by atoms with van der Waals surface area (Å²) in [6.07, 6.45) is 0. The van der Waals surface area contributed by atoms with Crippen LogP contribution in [0.15, 0.2) is 18.2 Å². The Labute approximate surface area is 118 Å². The predicted octanol–water partition coefficient (Wildman–Crippen LogP) is 0.354. The molecule has 1 amide bonds. The highest BCUT2D eigenvalue weighted by Gasteiger charge is 2.27. The van der Waals surface area contributed by atoms with Crippen LogP contribution in [0.4, 0.5) is 4.39 Å². The van der Waals surface area contributed by atoms with E-state index in [1.54, 1.807) is 13.1 Å². The van der Waals surface area contributed by atoms with Crippen molar-refractivity contribution in [1.82, 2.24) is 15.5 Å². The van der Waals surface area contributed by atoms with Gasteiger partial charge in [-0.1, -0.05) is 6.07 Å². The quantitative estimate of drug-likeness (QED) is 0.836. The van der Waals surface area contributed by atoms with Gasteiger partial charge < -0.3 is 15.4 Å². The van der Waals surface area contributed by atoms with Gasteiger partial charge in [0.25, 0.3) is 0 Å². The molecular weight excluding hydrogens is 261 g/mol. The zero-order valence-corrected chi connectivity index (χ0v) is 11.8. The van der Waals surface area contributed by atoms with Crippen LogP contribution in [0.1, 0.15) is 5.56 Å². The van der Waals surface area contributed by atoms with Gasteiger partial charge in [0.1, 0.15) is 6.04 Å². The Morgan fingerprint density at radius 2 is 2.40 bits per heavy atom. The van der Waals surface area contributed by atoms with Crippen LogP contribution in [-0.2, 0) is 11.3 Å². The minimum atomic E-state index is -0.378. The second kappa shape index (κ2) is 6.67. The molecular formula is C14H20FN3O2. The van der Waals surface area contributed by atoms with Crippen LogP contribution < -0.4 is 15.4 Å². The molecule has 20 heavy (non-hydrogen) atoms. The maximum atomic E-state index is 13.7. The van der Waals surface area contributed by atoms with Crippen molar-refractivity contribution in [2.45, 2.75) is 12.6 Å². The summed E-state index contributed by atoms with van der Waals surface area (Å²) in [4.78, 5) is 13.9. The van der Waals surface area contributed by atoms with Crippen LogP contribution >= 0.6 is 0 Å². The summed E-state index contributed by atoms with van der Waals surface area (Å²) in [5.41, 5.74) is 0.833. The fourth-order valence-electron chi connectivity index (χ4n) is 2.40. The molecule has 1 atom stereocenters. The van der Waals surface area contributed by atoms with Gasteiger partial charge in [-0.05, 0) is 17.7 Å². The van der Waals surface area contributed by atoms with Crippen LogP contribution in [0.25, 0.3) is 0 Å². The summed E-state index contributed by atoms with van der Waals surface area (Å²) in [6.45, 7) is 2.73. The van der Waals surface area contributed by atoms with Crippen molar-refractivity contribution in [1.29, 1.82) is 0 Å². The van der Waals surface area contributed by atoms with Gasteiger partial charge in [0.15, 0.2) is 11.6 Å². The standard InChI is InChI=1S/C14H20FN3O2/c1-16-14(19)12-8-17-5-6-18(12)9-10-3-4-13(20-2)11(15)7-10/h3-4,7,12,17H,5-6,8-9H2,1-2H3,(H,16,19). The number of rotatable bonds is 4. The lowest BCUT2D eigenvalue weighted by Gasteiger charge is -2.34. The number of hydrogen-bond acceptors (Lipinski definition) is 4. The highest BCUT2D eigenvalue weighted by atomic mass is 19.1. The molecule has 2 N–H and O–H groups in total. The van der Waals surface area contributed by atoms with Gasteiger partial charge in [-0.2, -0.15) is 0 Å². The largest absolute Gasteiger partial charge is 0.494 e. The average Bonchev–Trinajstić information content (AvgIpc) is 2.47. The molecule has 1 saturated heterocycles. The van der Waals surface area contributed by atoms with Gasteiger partial charge in [-0.3, -0.25) is 9.69 Å². The predicted molar refractivity (Wildman–Crippen MR) is 74.1 cm³/mol. The number of carbonyl (C=O) groups is 1. The van der Waals surface area contributed by atoms with Gasteiger partial charge in [-0.25, -0.2) is 4.39 Å². The lowest BCUT2D eigenvalue weighted by atomic mass is 10.1. The number of amides is 1. The van der Waals surface area contributed by atoms with Crippen molar-refractivity contribution in [3.05, 3.63) is 29.6 Å². The smallest absolute Gasteiger partial charge is 0.238 e. The summed E-state index contributed by atoms with van der Waals surface area (Å²) in [7, 11) is 3.07. The molecule has 1 unspecified atom stereocenters. The molecule has 1 fully saturated rings. The number of piperazine rings is 1. The number of nitrogens with zero attached hydrogens (tertiary/aromatic N) is 1. The van der Waals surface area contributed by atoms with Gasteiger partial charge in [0.2, 0.25) is 5.91 Å². The normalized spacial score (nSPS) is 19.6. The van der Waals surface area contributed by atoms with Gasteiger partial charge >= 0.3 is 0 Å². The third-order valence-corrected chi connectivity index (χ3v) is 3.51. The fraction of sp³-hybridized carbons (Fsp3) is 0.500. The monoisotopic (exact) mass is 281 g/mol. The van der Waals surface area contributed by atoms with E-state index >= 15 is 0 Å². The zero-order chi connectivity index (χ0) is 14.5. The van der Waals surface area contributed by atoms with Crippen molar-refractivity contribution < 1.29 is 13.9 Å². The number of halogens is 1. The molecule has 0 spiro atoms. The van der Waals surface area contributed by atoms with Gasteiger partial charge in [-0.15, -0.1) is 0 Å². The first-order valence-corrected chi connectivity index (χ1v) is 6.64. The number of likely N-dealkylation sites (N-methyl/N-ethyl adjacent to an activating group) is 1. The molecule has 2 rings (SSSR count). The van der Waals surface area contributed by atoms with E-state index in [-0.39, 0.29) is 23.5 Å². The SMILES string of the molecule is CNC(=O)C1CNCCN1Cc1ccc(OC)c(F)c1. The summed E-state index contributed by atoms with van der Waals surface area (Å²) in [5.74, 6) is -0.167. The molecule has 1 heterocycles. The third kappa shape index (κ3) is 3.26. The molecule has 1 aromatic carbocycles. The van der Waals surface area contributed by atoms with E-state index in [9.17, 15) is 9.18 Å². The molecule has 1 aliphatic rings. The van der Waals surface area contributed by atoms with Crippen molar-refractivity contribution in [3.63, 3.8) is 0 Å². The molecule has 0 radical (unpaired) electrons. The summed E-state index contributed by atoms with van der Waals surface area (Å²) in [5, 5.41) is 5.86. The first kappa shape index (κ1) is 14.7. The molecule has 0 saturated carbocycles. The van der Waals surface area contributed by atoms with Crippen LogP contribution in [0, 0.1) is 5.82 Å². The number of methoxy groups -OCH3 is 1. The highest BCUT2D eigenvalue weighted by molar-refractivity contribution is 5.81. The van der Waals surface area contributed by atoms with Crippen molar-refractivity contribution in [2.24, 2.45) is 0 Å². The minimum absolute atomic E-state index is 0.0221. The molecule has 0 aliphatic carbocycles. The van der Waals surface area contributed by atoms with E-state index in [1.807, 2.05) is 6.07 Å².